The second-order valence-electron chi connectivity index (χ2n) is 19.8. The second-order valence-corrected chi connectivity index (χ2v) is 23.4. The molecule has 0 spiro atoms. The lowest BCUT2D eigenvalue weighted by Crippen LogP contribution is -2.47. The van der Waals surface area contributed by atoms with Crippen molar-refractivity contribution in [3.05, 3.63) is 201 Å². The zero-order chi connectivity index (χ0) is 55.1. The van der Waals surface area contributed by atoms with E-state index in [-0.39, 0.29) is 33.9 Å². The number of carbonyl (C=O) groups is 2. The molecule has 2 fully saturated rings. The highest BCUT2D eigenvalue weighted by molar-refractivity contribution is 7.90. The molecule has 0 bridgehead atoms. The minimum atomic E-state index is -4.34. The summed E-state index contributed by atoms with van der Waals surface area (Å²) in [6.45, 7) is 5.13. The molecule has 0 radical (unpaired) electrons. The fourth-order valence-electron chi connectivity index (χ4n) is 10.9. The molecular weight excluding hydrogens is 1040 g/mol. The molecule has 0 aliphatic carbocycles. The van der Waals surface area contributed by atoms with Crippen molar-refractivity contribution < 1.29 is 41.0 Å². The van der Waals surface area contributed by atoms with Crippen LogP contribution in [0.25, 0.3) is 22.1 Å². The average Bonchev–Trinajstić information content (AvgIpc) is 3.86. The van der Waals surface area contributed by atoms with Gasteiger partial charge in [-0.25, -0.2) is 40.4 Å². The summed E-state index contributed by atoms with van der Waals surface area (Å²) in [4.78, 5) is 55.9. The fourth-order valence-corrected chi connectivity index (χ4v) is 13.7. The number of imidazole rings is 2. The number of carboxylic acid groups (broad SMARTS) is 2. The summed E-state index contributed by atoms with van der Waals surface area (Å²) in [5.41, 5.74) is 3.62. The molecular formula is C58H62FN7O10S2. The lowest BCUT2D eigenvalue weighted by Gasteiger charge is -2.38. The number of piperidine rings is 2. The molecule has 8 aromatic rings. The van der Waals surface area contributed by atoms with E-state index in [9.17, 15) is 50.6 Å². The Hall–Kier alpha value is -7.81. The third kappa shape index (κ3) is 11.7. The molecule has 1 unspecified atom stereocenters. The highest BCUT2D eigenvalue weighted by atomic mass is 32.2. The molecule has 0 saturated carbocycles. The van der Waals surface area contributed by atoms with E-state index in [0.717, 1.165) is 76.7 Å². The number of halogens is 1. The van der Waals surface area contributed by atoms with Gasteiger partial charge >= 0.3 is 23.6 Å². The smallest absolute Gasteiger partial charge is 0.407 e. The summed E-state index contributed by atoms with van der Waals surface area (Å²) in [5, 5.41) is 19.3. The highest BCUT2D eigenvalue weighted by Gasteiger charge is 2.36. The third-order valence-corrected chi connectivity index (χ3v) is 18.1. The molecule has 17 nitrogen and oxygen atoms in total. The van der Waals surface area contributed by atoms with E-state index in [1.807, 2.05) is 36.4 Å². The molecule has 2 N–H and O–H groups in total. The maximum Gasteiger partial charge on any atom is 0.407 e. The van der Waals surface area contributed by atoms with Crippen molar-refractivity contribution in [2.24, 2.45) is 0 Å². The van der Waals surface area contributed by atoms with Gasteiger partial charge in [-0.2, -0.15) is 7.94 Å². The van der Waals surface area contributed by atoms with Crippen LogP contribution in [0, 0.1) is 5.82 Å². The predicted octanol–water partition coefficient (Wildman–Crippen LogP) is 9.65. The monoisotopic (exact) mass is 1100 g/mol. The van der Waals surface area contributed by atoms with E-state index in [2.05, 4.69) is 36.1 Å². The van der Waals surface area contributed by atoms with Crippen LogP contribution in [0.1, 0.15) is 80.6 Å². The van der Waals surface area contributed by atoms with E-state index in [1.54, 1.807) is 72.8 Å². The van der Waals surface area contributed by atoms with E-state index in [4.69, 9.17) is 0 Å². The fraction of sp³-hybridized carbons (Fsp3) is 0.310. The number of aryl methyl sites for hydroxylation is 1. The van der Waals surface area contributed by atoms with Crippen LogP contribution in [-0.2, 0) is 39.6 Å². The van der Waals surface area contributed by atoms with Crippen LogP contribution in [-0.4, -0.2) is 103 Å². The number of benzene rings is 6. The van der Waals surface area contributed by atoms with Gasteiger partial charge in [-0.1, -0.05) is 110 Å². The molecule has 4 heterocycles. The highest BCUT2D eigenvalue weighted by Crippen LogP contribution is 2.33. The van der Waals surface area contributed by atoms with Gasteiger partial charge in [0.25, 0.3) is 20.0 Å². The van der Waals surface area contributed by atoms with Crippen LogP contribution < -0.4 is 11.4 Å². The molecule has 2 amide bonds. The number of likely N-dealkylation sites (tertiary alicyclic amines) is 2. The Balaban J connectivity index is 0.000000206. The van der Waals surface area contributed by atoms with Crippen molar-refractivity contribution in [2.75, 3.05) is 26.2 Å². The standard InChI is InChI=1S/C36H37FN4O5S.C22H25N3O5S/c37-29-17-19-32(20-18-29)47(45,46)41-34-16-8-7-15-33(34)40(35(41)42)31-21-23-39(36(43)44)30(24-31)14-9-22-38(25-27-10-3-1-4-11-27)26-28-12-5-2-6-13-28;1-2-5-16-8-10-18(11-9-16)31(29,30)25-20-7-4-3-6-19(20)24(21(25)26)17-12-14-23(15-13-17)22(27)28/h1-8,10-13,15-20,30-31H,9,14,21-26H2,(H,43,44);3-4,6-11,17H,2,5,12-15H2,1H3,(H,27,28)/t30-,31?;/m0./s1. The zero-order valence-corrected chi connectivity index (χ0v) is 44.8. The Morgan fingerprint density at radius 2 is 1.01 bits per heavy atom. The summed E-state index contributed by atoms with van der Waals surface area (Å²) < 4.78 is 72.5. The van der Waals surface area contributed by atoms with Gasteiger partial charge in [0, 0.05) is 50.8 Å². The number of hydrogen-bond donors (Lipinski definition) is 2. The number of fused-ring (bicyclic) bond motifs is 2. The van der Waals surface area contributed by atoms with Crippen molar-refractivity contribution >= 4 is 54.3 Å². The molecule has 2 atom stereocenters. The van der Waals surface area contributed by atoms with Gasteiger partial charge < -0.3 is 20.0 Å². The van der Waals surface area contributed by atoms with E-state index in [1.165, 1.54) is 30.1 Å². The lowest BCUT2D eigenvalue weighted by atomic mass is 9.93. The minimum absolute atomic E-state index is 0.0676. The first-order valence-electron chi connectivity index (χ1n) is 26.1. The molecule has 2 aliphatic rings. The van der Waals surface area contributed by atoms with Crippen molar-refractivity contribution in [1.29, 1.82) is 0 Å². The number of para-hydroxylation sites is 4. The molecule has 2 aromatic heterocycles. The van der Waals surface area contributed by atoms with Crippen LogP contribution in [0.3, 0.4) is 0 Å². The van der Waals surface area contributed by atoms with Crippen molar-refractivity contribution in [3.8, 4) is 0 Å². The summed E-state index contributed by atoms with van der Waals surface area (Å²) in [7, 11) is -8.43. The van der Waals surface area contributed by atoms with Gasteiger partial charge in [0.05, 0.1) is 31.9 Å². The first-order chi connectivity index (χ1) is 37.6. The van der Waals surface area contributed by atoms with Crippen LogP contribution in [0.15, 0.2) is 177 Å². The second kappa shape index (κ2) is 23.8. The number of aromatic nitrogens is 4. The van der Waals surface area contributed by atoms with Crippen LogP contribution in [0.4, 0.5) is 14.0 Å². The zero-order valence-electron chi connectivity index (χ0n) is 43.1. The Kier molecular flexibility index (Phi) is 16.8. The summed E-state index contributed by atoms with van der Waals surface area (Å²) in [5.74, 6) is -0.585. The molecule has 408 valence electrons. The normalized spacial score (nSPS) is 16.3. The Labute approximate surface area is 451 Å². The first kappa shape index (κ1) is 55.0. The van der Waals surface area contributed by atoms with Crippen molar-refractivity contribution in [3.63, 3.8) is 0 Å². The van der Waals surface area contributed by atoms with Crippen LogP contribution >= 0.6 is 0 Å². The summed E-state index contributed by atoms with van der Waals surface area (Å²) in [6.07, 6.45) is 2.78. The number of amides is 2. The van der Waals surface area contributed by atoms with E-state index >= 15 is 0 Å². The van der Waals surface area contributed by atoms with Gasteiger partial charge in [-0.3, -0.25) is 14.0 Å². The Morgan fingerprint density at radius 3 is 1.49 bits per heavy atom. The molecule has 10 rings (SSSR count). The molecule has 6 aromatic carbocycles. The largest absolute Gasteiger partial charge is 0.465 e. The third-order valence-electron chi connectivity index (χ3n) is 14.7. The van der Waals surface area contributed by atoms with Gasteiger partial charge in [0.15, 0.2) is 0 Å². The van der Waals surface area contributed by atoms with Crippen LogP contribution in [0.2, 0.25) is 0 Å². The summed E-state index contributed by atoms with van der Waals surface area (Å²) >= 11 is 0. The summed E-state index contributed by atoms with van der Waals surface area (Å²) in [6, 6.07) is 44.0. The van der Waals surface area contributed by atoms with E-state index < -0.39 is 55.5 Å². The topological polar surface area (TPSA) is 206 Å². The number of rotatable bonds is 16. The number of nitrogens with zero attached hydrogens (tertiary/aromatic N) is 7. The molecule has 2 saturated heterocycles. The van der Waals surface area contributed by atoms with Crippen molar-refractivity contribution in [1.82, 2.24) is 31.8 Å². The Morgan fingerprint density at radius 1 is 0.564 bits per heavy atom. The van der Waals surface area contributed by atoms with E-state index in [0.29, 0.717) is 61.7 Å². The lowest BCUT2D eigenvalue weighted by molar-refractivity contribution is 0.0853. The molecule has 2 aliphatic heterocycles. The Bertz CT molecular complexity index is 3700. The van der Waals surface area contributed by atoms with Gasteiger partial charge in [-0.15, -0.1) is 0 Å². The van der Waals surface area contributed by atoms with Gasteiger partial charge in [-0.05, 0) is 129 Å². The van der Waals surface area contributed by atoms with Gasteiger partial charge in [0.2, 0.25) is 0 Å². The van der Waals surface area contributed by atoms with Crippen molar-refractivity contribution in [2.45, 2.75) is 99.3 Å². The SMILES string of the molecule is CCCc1ccc(S(=O)(=O)n2c(=O)n(C3CCN(C(=O)O)CC3)c3ccccc32)cc1.O=C(O)N1CCC(n2c(=O)n(S(=O)(=O)c3ccc(F)cc3)c3ccccc32)C[C@@H]1CCCN(Cc1ccccc1)Cc1ccccc1. The number of hydrogen-bond acceptors (Lipinski definition) is 9. The van der Waals surface area contributed by atoms with Gasteiger partial charge in [0.1, 0.15) is 5.82 Å². The maximum absolute atomic E-state index is 14.0. The molecule has 78 heavy (non-hydrogen) atoms. The maximum atomic E-state index is 14.0. The minimum Gasteiger partial charge on any atom is -0.465 e. The first-order valence-corrected chi connectivity index (χ1v) is 29.0. The average molecular weight is 1100 g/mol. The molecule has 20 heteroatoms. The predicted molar refractivity (Wildman–Crippen MR) is 295 cm³/mol. The van der Waals surface area contributed by atoms with Crippen LogP contribution in [0.5, 0.6) is 0 Å². The quantitative estimate of drug-likeness (QED) is 0.0931.